The van der Waals surface area contributed by atoms with Gasteiger partial charge in [0.05, 0.1) is 17.4 Å². The van der Waals surface area contributed by atoms with Crippen molar-refractivity contribution in [3.8, 4) is 6.07 Å². The third-order valence-corrected chi connectivity index (χ3v) is 2.01. The number of nitrogens with zero attached hydrogens (tertiary/aromatic N) is 2. The first-order chi connectivity index (χ1) is 7.40. The van der Waals surface area contributed by atoms with Gasteiger partial charge in [0, 0.05) is 12.1 Å². The van der Waals surface area contributed by atoms with Gasteiger partial charge in [-0.25, -0.2) is 0 Å². The molecule has 0 amide bonds. The lowest BCUT2D eigenvalue weighted by molar-refractivity contribution is 0.419. The van der Waals surface area contributed by atoms with Crippen molar-refractivity contribution < 1.29 is 4.52 Å². The maximum absolute atomic E-state index is 8.85. The first-order valence-corrected chi connectivity index (χ1v) is 4.51. The van der Waals surface area contributed by atoms with Crippen molar-refractivity contribution in [1.29, 1.82) is 5.26 Å². The fourth-order valence-corrected chi connectivity index (χ4v) is 1.25. The fourth-order valence-electron chi connectivity index (χ4n) is 1.25. The standard InChI is InChI=1S/C11H9N3O/c12-5-10-3-1-2-4-11(10)13-6-9-7-14-15-8-9/h1-4,7-8,13H,6H2. The third kappa shape index (κ3) is 2.15. The van der Waals surface area contributed by atoms with Crippen molar-refractivity contribution in [3.63, 3.8) is 0 Å². The topological polar surface area (TPSA) is 61.9 Å². The van der Waals surface area contributed by atoms with E-state index in [2.05, 4.69) is 16.5 Å². The molecule has 0 saturated carbocycles. The molecule has 0 bridgehead atoms. The monoisotopic (exact) mass is 199 g/mol. The number of nitriles is 1. The van der Waals surface area contributed by atoms with Crippen LogP contribution in [0.4, 0.5) is 5.69 Å². The Morgan fingerprint density at radius 3 is 3.00 bits per heavy atom. The predicted molar refractivity (Wildman–Crippen MR) is 55.0 cm³/mol. The van der Waals surface area contributed by atoms with Gasteiger partial charge in [-0.05, 0) is 12.1 Å². The van der Waals surface area contributed by atoms with Gasteiger partial charge < -0.3 is 9.84 Å². The van der Waals surface area contributed by atoms with Crippen LogP contribution < -0.4 is 5.32 Å². The molecule has 0 radical (unpaired) electrons. The molecule has 0 aliphatic rings. The molecule has 0 fully saturated rings. The van der Waals surface area contributed by atoms with Crippen LogP contribution in [-0.2, 0) is 6.54 Å². The number of aromatic nitrogens is 1. The largest absolute Gasteiger partial charge is 0.380 e. The predicted octanol–water partition coefficient (Wildman–Crippen LogP) is 2.16. The highest BCUT2D eigenvalue weighted by Crippen LogP contribution is 2.14. The molecule has 0 atom stereocenters. The Balaban J connectivity index is 2.08. The summed E-state index contributed by atoms with van der Waals surface area (Å²) in [6.07, 6.45) is 3.21. The third-order valence-electron chi connectivity index (χ3n) is 2.01. The Morgan fingerprint density at radius 2 is 2.27 bits per heavy atom. The van der Waals surface area contributed by atoms with Crippen LogP contribution >= 0.6 is 0 Å². The summed E-state index contributed by atoms with van der Waals surface area (Å²) in [7, 11) is 0. The van der Waals surface area contributed by atoms with E-state index in [4.69, 9.17) is 9.78 Å². The molecule has 15 heavy (non-hydrogen) atoms. The van der Waals surface area contributed by atoms with E-state index in [0.29, 0.717) is 12.1 Å². The number of rotatable bonds is 3. The molecule has 1 N–H and O–H groups in total. The average molecular weight is 199 g/mol. The van der Waals surface area contributed by atoms with Crippen molar-refractivity contribution in [3.05, 3.63) is 47.9 Å². The summed E-state index contributed by atoms with van der Waals surface area (Å²) in [6, 6.07) is 9.49. The molecule has 74 valence electrons. The Hall–Kier alpha value is -2.28. The van der Waals surface area contributed by atoms with Crippen molar-refractivity contribution in [2.45, 2.75) is 6.54 Å². The summed E-state index contributed by atoms with van der Waals surface area (Å²) in [5.41, 5.74) is 2.40. The van der Waals surface area contributed by atoms with Crippen LogP contribution in [0.1, 0.15) is 11.1 Å². The van der Waals surface area contributed by atoms with Gasteiger partial charge in [-0.3, -0.25) is 0 Å². The second kappa shape index (κ2) is 4.29. The van der Waals surface area contributed by atoms with E-state index in [1.54, 1.807) is 18.5 Å². The smallest absolute Gasteiger partial charge is 0.128 e. The van der Waals surface area contributed by atoms with Crippen molar-refractivity contribution >= 4 is 5.69 Å². The molecule has 4 heteroatoms. The number of hydrogen-bond acceptors (Lipinski definition) is 4. The number of hydrogen-bond donors (Lipinski definition) is 1. The van der Waals surface area contributed by atoms with Gasteiger partial charge in [0.25, 0.3) is 0 Å². The molecule has 0 spiro atoms. The summed E-state index contributed by atoms with van der Waals surface area (Å²) >= 11 is 0. The normalized spacial score (nSPS) is 9.53. The van der Waals surface area contributed by atoms with E-state index >= 15 is 0 Å². The summed E-state index contributed by atoms with van der Waals surface area (Å²) in [4.78, 5) is 0. The number of nitrogens with one attached hydrogen (secondary N) is 1. The Kier molecular flexibility index (Phi) is 2.65. The second-order valence-corrected chi connectivity index (χ2v) is 3.04. The molecule has 0 unspecified atom stereocenters. The van der Waals surface area contributed by atoms with E-state index < -0.39 is 0 Å². The van der Waals surface area contributed by atoms with E-state index in [1.807, 2.05) is 18.2 Å². The zero-order valence-electron chi connectivity index (χ0n) is 7.97. The van der Waals surface area contributed by atoms with E-state index in [0.717, 1.165) is 11.3 Å². The van der Waals surface area contributed by atoms with Crippen LogP contribution in [0.25, 0.3) is 0 Å². The van der Waals surface area contributed by atoms with Crippen molar-refractivity contribution in [1.82, 2.24) is 5.16 Å². The average Bonchev–Trinajstić information content (AvgIpc) is 2.79. The fraction of sp³-hybridized carbons (Fsp3) is 0.0909. The number of benzene rings is 1. The molecule has 2 rings (SSSR count). The molecule has 0 saturated heterocycles. The quantitative estimate of drug-likeness (QED) is 0.822. The van der Waals surface area contributed by atoms with E-state index in [-0.39, 0.29) is 0 Å². The van der Waals surface area contributed by atoms with Gasteiger partial charge in [-0.2, -0.15) is 5.26 Å². The minimum atomic E-state index is 0.599. The molecule has 4 nitrogen and oxygen atoms in total. The lowest BCUT2D eigenvalue weighted by Gasteiger charge is -2.05. The Bertz CT molecular complexity index is 471. The lowest BCUT2D eigenvalue weighted by Crippen LogP contribution is -1.99. The van der Waals surface area contributed by atoms with E-state index in [9.17, 15) is 0 Å². The van der Waals surface area contributed by atoms with Gasteiger partial charge in [-0.15, -0.1) is 0 Å². The minimum absolute atomic E-state index is 0.599. The summed E-state index contributed by atoms with van der Waals surface area (Å²) in [5.74, 6) is 0. The van der Waals surface area contributed by atoms with Gasteiger partial charge >= 0.3 is 0 Å². The number of anilines is 1. The van der Waals surface area contributed by atoms with Crippen LogP contribution in [0.3, 0.4) is 0 Å². The molecule has 1 aromatic carbocycles. The van der Waals surface area contributed by atoms with Gasteiger partial charge in [0.15, 0.2) is 0 Å². The summed E-state index contributed by atoms with van der Waals surface area (Å²) in [5, 5.41) is 15.6. The first kappa shape index (κ1) is 9.28. The van der Waals surface area contributed by atoms with Crippen molar-refractivity contribution in [2.24, 2.45) is 0 Å². The highest BCUT2D eigenvalue weighted by molar-refractivity contribution is 5.57. The van der Waals surface area contributed by atoms with Crippen LogP contribution in [0.2, 0.25) is 0 Å². The summed E-state index contributed by atoms with van der Waals surface area (Å²) in [6.45, 7) is 0.599. The van der Waals surface area contributed by atoms with Crippen LogP contribution in [0, 0.1) is 11.3 Å². The zero-order chi connectivity index (χ0) is 10.5. The van der Waals surface area contributed by atoms with Gasteiger partial charge in [0.1, 0.15) is 12.3 Å². The first-order valence-electron chi connectivity index (χ1n) is 4.51. The Morgan fingerprint density at radius 1 is 1.40 bits per heavy atom. The molecule has 0 aliphatic carbocycles. The lowest BCUT2D eigenvalue weighted by atomic mass is 10.2. The maximum atomic E-state index is 8.85. The number of para-hydroxylation sites is 1. The zero-order valence-corrected chi connectivity index (χ0v) is 7.97. The van der Waals surface area contributed by atoms with Crippen LogP contribution in [0.15, 0.2) is 41.2 Å². The molecule has 0 aliphatic heterocycles. The molecule has 1 aromatic heterocycles. The van der Waals surface area contributed by atoms with Gasteiger partial charge in [-0.1, -0.05) is 17.3 Å². The highest BCUT2D eigenvalue weighted by Gasteiger charge is 2.00. The second-order valence-electron chi connectivity index (χ2n) is 3.04. The minimum Gasteiger partial charge on any atom is -0.380 e. The maximum Gasteiger partial charge on any atom is 0.128 e. The molecular weight excluding hydrogens is 190 g/mol. The molecular formula is C11H9N3O. The molecule has 1 heterocycles. The molecule has 2 aromatic rings. The summed E-state index contributed by atoms with van der Waals surface area (Å²) < 4.78 is 4.70. The highest BCUT2D eigenvalue weighted by atomic mass is 16.5. The SMILES string of the molecule is N#Cc1ccccc1NCc1cnoc1. The van der Waals surface area contributed by atoms with Crippen molar-refractivity contribution in [2.75, 3.05) is 5.32 Å². The van der Waals surface area contributed by atoms with E-state index in [1.165, 1.54) is 0 Å². The Labute approximate surface area is 87.1 Å². The van der Waals surface area contributed by atoms with Gasteiger partial charge in [0.2, 0.25) is 0 Å². The van der Waals surface area contributed by atoms with Crippen LogP contribution in [-0.4, -0.2) is 5.16 Å². The van der Waals surface area contributed by atoms with Crippen LogP contribution in [0.5, 0.6) is 0 Å².